The average molecular weight is 279 g/mol. The number of unbranched alkanes of at least 4 members (excludes halogenated alkanes) is 1. The van der Waals surface area contributed by atoms with Crippen molar-refractivity contribution in [1.29, 1.82) is 0 Å². The lowest BCUT2D eigenvalue weighted by Crippen LogP contribution is -2.20. The van der Waals surface area contributed by atoms with Gasteiger partial charge in [0.05, 0.1) is 0 Å². The fourth-order valence-corrected chi connectivity index (χ4v) is 2.57. The number of nitrogens with one attached hydrogen (secondary N) is 1. The van der Waals surface area contributed by atoms with Crippen molar-refractivity contribution in [2.24, 2.45) is 0 Å². The molecule has 0 aliphatic carbocycles. The molecule has 0 amide bonds. The maximum absolute atomic E-state index is 3.61. The van der Waals surface area contributed by atoms with Gasteiger partial charge in [-0.3, -0.25) is 0 Å². The molecule has 0 radical (unpaired) electrons. The van der Waals surface area contributed by atoms with E-state index in [9.17, 15) is 0 Å². The third kappa shape index (κ3) is 6.01. The smallest absolute Gasteiger partial charge is 0.0291 e. The van der Waals surface area contributed by atoms with Gasteiger partial charge in [-0.1, -0.05) is 45.0 Å². The molecule has 0 aliphatic heterocycles. The summed E-state index contributed by atoms with van der Waals surface area (Å²) in [6.07, 6.45) is 4.75. The molecule has 1 aromatic carbocycles. The first-order chi connectivity index (χ1) is 8.95. The molecule has 1 nitrogen and oxygen atoms in total. The second kappa shape index (κ2) is 7.96. The summed E-state index contributed by atoms with van der Waals surface area (Å²) in [5.74, 6) is 1.27. The first-order valence-electron chi connectivity index (χ1n) is 7.28. The molecule has 0 spiro atoms. The van der Waals surface area contributed by atoms with Crippen molar-refractivity contribution < 1.29 is 0 Å². The van der Waals surface area contributed by atoms with Gasteiger partial charge >= 0.3 is 0 Å². The Balaban J connectivity index is 2.42. The summed E-state index contributed by atoms with van der Waals surface area (Å²) >= 11 is 1.93. The van der Waals surface area contributed by atoms with Gasteiger partial charge in [0.15, 0.2) is 0 Å². The summed E-state index contributed by atoms with van der Waals surface area (Å²) in [6, 6.07) is 9.51. The van der Waals surface area contributed by atoms with E-state index in [-0.39, 0.29) is 5.41 Å². The quantitative estimate of drug-likeness (QED) is 0.721. The Labute approximate surface area is 123 Å². The van der Waals surface area contributed by atoms with Gasteiger partial charge in [0.1, 0.15) is 0 Å². The van der Waals surface area contributed by atoms with E-state index >= 15 is 0 Å². The Hall–Kier alpha value is -0.470. The van der Waals surface area contributed by atoms with Gasteiger partial charge < -0.3 is 5.32 Å². The lowest BCUT2D eigenvalue weighted by atomic mass is 9.86. The van der Waals surface area contributed by atoms with Crippen molar-refractivity contribution >= 4 is 11.8 Å². The topological polar surface area (TPSA) is 12.0 Å². The zero-order chi connectivity index (χ0) is 14.3. The van der Waals surface area contributed by atoms with E-state index in [2.05, 4.69) is 63.5 Å². The fourth-order valence-electron chi connectivity index (χ4n) is 2.08. The number of benzene rings is 1. The molecular formula is C17H29NS. The van der Waals surface area contributed by atoms with Crippen LogP contribution in [0.25, 0.3) is 0 Å². The molecule has 108 valence electrons. The third-order valence-corrected chi connectivity index (χ3v) is 4.20. The van der Waals surface area contributed by atoms with Gasteiger partial charge in [0, 0.05) is 6.04 Å². The van der Waals surface area contributed by atoms with Gasteiger partial charge in [0.25, 0.3) is 0 Å². The van der Waals surface area contributed by atoms with Crippen LogP contribution >= 0.6 is 11.8 Å². The van der Waals surface area contributed by atoms with Gasteiger partial charge in [-0.25, -0.2) is 0 Å². The van der Waals surface area contributed by atoms with E-state index in [1.54, 1.807) is 0 Å². The van der Waals surface area contributed by atoms with Crippen molar-refractivity contribution in [3.05, 3.63) is 35.4 Å². The minimum atomic E-state index is 0.243. The normalized spacial score (nSPS) is 13.5. The van der Waals surface area contributed by atoms with E-state index in [1.807, 2.05) is 11.8 Å². The van der Waals surface area contributed by atoms with Crippen LogP contribution < -0.4 is 5.32 Å². The standard InChI is InChI=1S/C17H29NS/c1-14(18-12-6-7-13-19-5)15-8-10-16(11-9-15)17(2,3)4/h8-11,14,18H,6-7,12-13H2,1-5H3. The zero-order valence-corrected chi connectivity index (χ0v) is 13.9. The third-order valence-electron chi connectivity index (χ3n) is 3.50. The SMILES string of the molecule is CSCCCCNC(C)c1ccc(C(C)(C)C)cc1. The Morgan fingerprint density at radius 3 is 2.26 bits per heavy atom. The Kier molecular flexibility index (Phi) is 6.95. The highest BCUT2D eigenvalue weighted by molar-refractivity contribution is 7.98. The molecule has 1 rings (SSSR count). The fraction of sp³-hybridized carbons (Fsp3) is 0.647. The summed E-state index contributed by atoms with van der Waals surface area (Å²) in [6.45, 7) is 10.1. The van der Waals surface area contributed by atoms with E-state index in [0.29, 0.717) is 6.04 Å². The second-order valence-corrected chi connectivity index (χ2v) is 7.23. The van der Waals surface area contributed by atoms with Crippen LogP contribution in [0.3, 0.4) is 0 Å². The highest BCUT2D eigenvalue weighted by Crippen LogP contribution is 2.23. The molecule has 0 aromatic heterocycles. The predicted octanol–water partition coefficient (Wildman–Crippen LogP) is 4.78. The van der Waals surface area contributed by atoms with Gasteiger partial charge in [-0.05, 0) is 54.9 Å². The minimum absolute atomic E-state index is 0.243. The van der Waals surface area contributed by atoms with Crippen LogP contribution in [0, 0.1) is 0 Å². The van der Waals surface area contributed by atoms with Crippen LogP contribution in [0.15, 0.2) is 24.3 Å². The van der Waals surface area contributed by atoms with E-state index in [0.717, 1.165) is 6.54 Å². The molecule has 0 bridgehead atoms. The van der Waals surface area contributed by atoms with Crippen LogP contribution in [0.1, 0.15) is 57.7 Å². The molecule has 0 aliphatic rings. The maximum atomic E-state index is 3.61. The zero-order valence-electron chi connectivity index (χ0n) is 13.1. The first-order valence-corrected chi connectivity index (χ1v) is 8.67. The minimum Gasteiger partial charge on any atom is -0.310 e. The molecule has 1 N–H and O–H groups in total. The molecule has 0 fully saturated rings. The molecule has 1 unspecified atom stereocenters. The monoisotopic (exact) mass is 279 g/mol. The summed E-state index contributed by atoms with van der Waals surface area (Å²) in [5.41, 5.74) is 3.04. The molecule has 0 saturated carbocycles. The average Bonchev–Trinajstić information content (AvgIpc) is 2.37. The summed E-state index contributed by atoms with van der Waals surface area (Å²) in [4.78, 5) is 0. The van der Waals surface area contributed by atoms with Crippen molar-refractivity contribution in [2.45, 2.75) is 52.0 Å². The van der Waals surface area contributed by atoms with Crippen molar-refractivity contribution in [2.75, 3.05) is 18.6 Å². The Morgan fingerprint density at radius 1 is 1.11 bits per heavy atom. The molecule has 1 aromatic rings. The highest BCUT2D eigenvalue weighted by Gasteiger charge is 2.13. The van der Waals surface area contributed by atoms with Gasteiger partial charge in [0.2, 0.25) is 0 Å². The van der Waals surface area contributed by atoms with Crippen LogP contribution in [-0.2, 0) is 5.41 Å². The van der Waals surface area contributed by atoms with Crippen LogP contribution in [0.4, 0.5) is 0 Å². The molecule has 1 atom stereocenters. The molecular weight excluding hydrogens is 250 g/mol. The largest absolute Gasteiger partial charge is 0.310 e. The molecule has 2 heteroatoms. The maximum Gasteiger partial charge on any atom is 0.0291 e. The van der Waals surface area contributed by atoms with Crippen molar-refractivity contribution in [3.8, 4) is 0 Å². The number of hydrogen-bond donors (Lipinski definition) is 1. The molecule has 0 saturated heterocycles. The van der Waals surface area contributed by atoms with Crippen LogP contribution in [0.5, 0.6) is 0 Å². The van der Waals surface area contributed by atoms with Gasteiger partial charge in [-0.2, -0.15) is 11.8 Å². The lowest BCUT2D eigenvalue weighted by Gasteiger charge is -2.20. The van der Waals surface area contributed by atoms with Crippen LogP contribution in [-0.4, -0.2) is 18.6 Å². The number of thioether (sulfide) groups is 1. The van der Waals surface area contributed by atoms with Crippen LogP contribution in [0.2, 0.25) is 0 Å². The van der Waals surface area contributed by atoms with Gasteiger partial charge in [-0.15, -0.1) is 0 Å². The van der Waals surface area contributed by atoms with Crippen molar-refractivity contribution in [1.82, 2.24) is 5.32 Å². The van der Waals surface area contributed by atoms with E-state index in [4.69, 9.17) is 0 Å². The number of rotatable bonds is 7. The summed E-state index contributed by atoms with van der Waals surface area (Å²) in [5, 5.41) is 3.61. The Bertz CT molecular complexity index is 351. The first kappa shape index (κ1) is 16.6. The highest BCUT2D eigenvalue weighted by atomic mass is 32.2. The summed E-state index contributed by atoms with van der Waals surface area (Å²) in [7, 11) is 0. The Morgan fingerprint density at radius 2 is 1.74 bits per heavy atom. The van der Waals surface area contributed by atoms with E-state index < -0.39 is 0 Å². The lowest BCUT2D eigenvalue weighted by molar-refractivity contribution is 0.553. The second-order valence-electron chi connectivity index (χ2n) is 6.25. The van der Waals surface area contributed by atoms with E-state index in [1.165, 1.54) is 29.7 Å². The predicted molar refractivity (Wildman–Crippen MR) is 89.2 cm³/mol. The summed E-state index contributed by atoms with van der Waals surface area (Å²) < 4.78 is 0. The number of hydrogen-bond acceptors (Lipinski definition) is 2. The molecule has 19 heavy (non-hydrogen) atoms. The molecule has 0 heterocycles. The van der Waals surface area contributed by atoms with Crippen molar-refractivity contribution in [3.63, 3.8) is 0 Å².